The summed E-state index contributed by atoms with van der Waals surface area (Å²) in [4.78, 5) is 28.3. The van der Waals surface area contributed by atoms with E-state index < -0.39 is 6.04 Å². The lowest BCUT2D eigenvalue weighted by atomic mass is 9.95. The van der Waals surface area contributed by atoms with E-state index in [4.69, 9.17) is 11.6 Å². The molecule has 4 nitrogen and oxygen atoms in total. The van der Waals surface area contributed by atoms with Gasteiger partial charge < -0.3 is 10.2 Å². The van der Waals surface area contributed by atoms with Crippen LogP contribution >= 0.6 is 11.6 Å². The van der Waals surface area contributed by atoms with E-state index in [1.165, 1.54) is 6.42 Å². The van der Waals surface area contributed by atoms with Crippen molar-refractivity contribution < 1.29 is 9.59 Å². The zero-order valence-electron chi connectivity index (χ0n) is 18.4. The lowest BCUT2D eigenvalue weighted by Crippen LogP contribution is -2.52. The van der Waals surface area contributed by atoms with Crippen LogP contribution in [0.15, 0.2) is 54.6 Å². The summed E-state index contributed by atoms with van der Waals surface area (Å²) in [5.74, 6) is -0.0929. The van der Waals surface area contributed by atoms with E-state index in [0.29, 0.717) is 24.4 Å². The van der Waals surface area contributed by atoms with Gasteiger partial charge in [-0.1, -0.05) is 86.3 Å². The van der Waals surface area contributed by atoms with Gasteiger partial charge >= 0.3 is 0 Å². The Morgan fingerprint density at radius 2 is 1.71 bits per heavy atom. The minimum absolute atomic E-state index is 0.0324. The van der Waals surface area contributed by atoms with Gasteiger partial charge in [-0.25, -0.2) is 0 Å². The molecule has 2 amide bonds. The smallest absolute Gasteiger partial charge is 0.243 e. The SMILES string of the molecule is CC[C@H](C(=O)NC1CCCCC1)N(CCc1ccccc1)C(=O)Cc1ccccc1Cl. The molecule has 0 spiro atoms. The minimum Gasteiger partial charge on any atom is -0.352 e. The maximum atomic E-state index is 13.4. The standard InChI is InChI=1S/C26H33ClN2O2/c1-2-24(26(31)28-22-14-7-4-8-15-22)29(18-17-20-11-5-3-6-12-20)25(30)19-21-13-9-10-16-23(21)27/h3,5-6,9-13,16,22,24H,2,4,7-8,14-15,17-19H2,1H3,(H,28,31)/t24-/m1/s1. The van der Waals surface area contributed by atoms with Gasteiger partial charge in [0.2, 0.25) is 11.8 Å². The first-order chi connectivity index (χ1) is 15.1. The first-order valence-corrected chi connectivity index (χ1v) is 11.8. The molecule has 0 radical (unpaired) electrons. The van der Waals surface area contributed by atoms with Crippen LogP contribution in [0.2, 0.25) is 5.02 Å². The number of carbonyl (C=O) groups is 2. The zero-order chi connectivity index (χ0) is 22.1. The Labute approximate surface area is 191 Å². The molecule has 1 N–H and O–H groups in total. The Bertz CT molecular complexity index is 849. The summed E-state index contributed by atoms with van der Waals surface area (Å²) < 4.78 is 0. The average molecular weight is 441 g/mol. The monoisotopic (exact) mass is 440 g/mol. The molecule has 1 fully saturated rings. The normalized spacial score (nSPS) is 15.3. The molecule has 2 aromatic carbocycles. The summed E-state index contributed by atoms with van der Waals surface area (Å²) >= 11 is 6.30. The second-order valence-corrected chi connectivity index (χ2v) is 8.77. The van der Waals surface area contributed by atoms with Crippen LogP contribution in [0, 0.1) is 0 Å². The van der Waals surface area contributed by atoms with Gasteiger partial charge in [-0.3, -0.25) is 9.59 Å². The Morgan fingerprint density at radius 3 is 2.39 bits per heavy atom. The predicted molar refractivity (Wildman–Crippen MR) is 126 cm³/mol. The molecule has 166 valence electrons. The number of hydrogen-bond acceptors (Lipinski definition) is 2. The number of carbonyl (C=O) groups excluding carboxylic acids is 2. The third-order valence-corrected chi connectivity index (χ3v) is 6.49. The van der Waals surface area contributed by atoms with Crippen molar-refractivity contribution in [2.75, 3.05) is 6.54 Å². The van der Waals surface area contributed by atoms with Crippen molar-refractivity contribution in [2.45, 2.75) is 70.4 Å². The fourth-order valence-corrected chi connectivity index (χ4v) is 4.55. The van der Waals surface area contributed by atoms with Gasteiger partial charge in [0.25, 0.3) is 0 Å². The number of halogens is 1. The molecular formula is C26H33ClN2O2. The molecule has 0 aromatic heterocycles. The van der Waals surface area contributed by atoms with E-state index in [9.17, 15) is 9.59 Å². The van der Waals surface area contributed by atoms with Crippen LogP contribution in [0.25, 0.3) is 0 Å². The first-order valence-electron chi connectivity index (χ1n) is 11.5. The molecule has 5 heteroatoms. The predicted octanol–water partition coefficient (Wildman–Crippen LogP) is 5.18. The Balaban J connectivity index is 1.75. The quantitative estimate of drug-likeness (QED) is 0.583. The first kappa shape index (κ1) is 23.3. The lowest BCUT2D eigenvalue weighted by Gasteiger charge is -2.33. The van der Waals surface area contributed by atoms with Crippen molar-refractivity contribution in [3.8, 4) is 0 Å². The fourth-order valence-electron chi connectivity index (χ4n) is 4.35. The Hall–Kier alpha value is -2.33. The van der Waals surface area contributed by atoms with Crippen molar-refractivity contribution in [3.05, 3.63) is 70.7 Å². The Kier molecular flexibility index (Phi) is 8.96. The number of nitrogens with zero attached hydrogens (tertiary/aromatic N) is 1. The second kappa shape index (κ2) is 11.9. The zero-order valence-corrected chi connectivity index (χ0v) is 19.1. The molecule has 1 saturated carbocycles. The Morgan fingerprint density at radius 1 is 1.03 bits per heavy atom. The highest BCUT2D eigenvalue weighted by molar-refractivity contribution is 6.31. The van der Waals surface area contributed by atoms with Crippen molar-refractivity contribution in [1.29, 1.82) is 0 Å². The van der Waals surface area contributed by atoms with Gasteiger partial charge in [-0.05, 0) is 42.9 Å². The summed E-state index contributed by atoms with van der Waals surface area (Å²) in [5, 5.41) is 3.80. The highest BCUT2D eigenvalue weighted by atomic mass is 35.5. The summed E-state index contributed by atoms with van der Waals surface area (Å²) in [6.45, 7) is 2.48. The summed E-state index contributed by atoms with van der Waals surface area (Å²) in [5.41, 5.74) is 1.95. The summed E-state index contributed by atoms with van der Waals surface area (Å²) in [6, 6.07) is 17.3. The maximum Gasteiger partial charge on any atom is 0.243 e. The van der Waals surface area contributed by atoms with Gasteiger partial charge in [0.05, 0.1) is 6.42 Å². The van der Waals surface area contributed by atoms with E-state index in [2.05, 4.69) is 17.4 Å². The molecule has 31 heavy (non-hydrogen) atoms. The molecule has 1 aliphatic carbocycles. The molecule has 2 aromatic rings. The topological polar surface area (TPSA) is 49.4 Å². The minimum atomic E-state index is -0.472. The van der Waals surface area contributed by atoms with E-state index >= 15 is 0 Å². The van der Waals surface area contributed by atoms with Gasteiger partial charge in [-0.15, -0.1) is 0 Å². The number of amides is 2. The van der Waals surface area contributed by atoms with Crippen molar-refractivity contribution in [2.24, 2.45) is 0 Å². The van der Waals surface area contributed by atoms with Crippen LogP contribution in [-0.4, -0.2) is 35.3 Å². The molecule has 3 rings (SSSR count). The van der Waals surface area contributed by atoms with Gasteiger partial charge in [-0.2, -0.15) is 0 Å². The van der Waals surface area contributed by atoms with Crippen LogP contribution in [0.5, 0.6) is 0 Å². The lowest BCUT2D eigenvalue weighted by molar-refractivity contribution is -0.140. The maximum absolute atomic E-state index is 13.4. The van der Waals surface area contributed by atoms with Crippen LogP contribution in [0.1, 0.15) is 56.6 Å². The number of hydrogen-bond donors (Lipinski definition) is 1. The number of rotatable bonds is 9. The van der Waals surface area contributed by atoms with Crippen LogP contribution in [0.3, 0.4) is 0 Å². The second-order valence-electron chi connectivity index (χ2n) is 8.36. The van der Waals surface area contributed by atoms with Gasteiger partial charge in [0.1, 0.15) is 6.04 Å². The van der Waals surface area contributed by atoms with E-state index in [0.717, 1.165) is 36.8 Å². The molecule has 1 atom stereocenters. The third-order valence-electron chi connectivity index (χ3n) is 6.12. The van der Waals surface area contributed by atoms with Crippen LogP contribution < -0.4 is 5.32 Å². The number of benzene rings is 2. The van der Waals surface area contributed by atoms with Gasteiger partial charge in [0, 0.05) is 17.6 Å². The van der Waals surface area contributed by atoms with E-state index in [-0.39, 0.29) is 24.3 Å². The molecule has 0 unspecified atom stereocenters. The number of nitrogens with one attached hydrogen (secondary N) is 1. The third kappa shape index (κ3) is 6.83. The highest BCUT2D eigenvalue weighted by Crippen LogP contribution is 2.20. The van der Waals surface area contributed by atoms with Crippen molar-refractivity contribution in [1.82, 2.24) is 10.2 Å². The summed E-state index contributed by atoms with van der Waals surface area (Å²) in [6.07, 6.45) is 7.10. The molecule has 1 aliphatic rings. The van der Waals surface area contributed by atoms with Crippen molar-refractivity contribution >= 4 is 23.4 Å². The molecule has 0 bridgehead atoms. The van der Waals surface area contributed by atoms with E-state index in [1.54, 1.807) is 11.0 Å². The molecule has 0 saturated heterocycles. The van der Waals surface area contributed by atoms with Crippen LogP contribution in [-0.2, 0) is 22.4 Å². The molecule has 0 heterocycles. The average Bonchev–Trinajstić information content (AvgIpc) is 2.79. The fraction of sp³-hybridized carbons (Fsp3) is 0.462. The molecular weight excluding hydrogens is 408 g/mol. The van der Waals surface area contributed by atoms with Crippen LogP contribution in [0.4, 0.5) is 0 Å². The largest absolute Gasteiger partial charge is 0.352 e. The van der Waals surface area contributed by atoms with E-state index in [1.807, 2.05) is 43.3 Å². The van der Waals surface area contributed by atoms with Gasteiger partial charge in [0.15, 0.2) is 0 Å². The highest BCUT2D eigenvalue weighted by Gasteiger charge is 2.30. The summed E-state index contributed by atoms with van der Waals surface area (Å²) in [7, 11) is 0. The molecule has 0 aliphatic heterocycles. The van der Waals surface area contributed by atoms with Crippen molar-refractivity contribution in [3.63, 3.8) is 0 Å².